The first-order valence-corrected chi connectivity index (χ1v) is 6.28. The minimum atomic E-state index is 0.0126. The van der Waals surface area contributed by atoms with E-state index in [2.05, 4.69) is 51.1 Å². The van der Waals surface area contributed by atoms with Gasteiger partial charge in [0.25, 0.3) is 0 Å². The molecule has 0 aliphatic heterocycles. The van der Waals surface area contributed by atoms with Crippen molar-refractivity contribution in [1.29, 1.82) is 0 Å². The summed E-state index contributed by atoms with van der Waals surface area (Å²) >= 11 is 1.78. The molecule has 0 fully saturated rings. The Kier molecular flexibility index (Phi) is 3.13. The largest absolute Gasteiger partial charge is 0.320 e. The lowest BCUT2D eigenvalue weighted by atomic mass is 9.98. The van der Waals surface area contributed by atoms with Crippen molar-refractivity contribution in [3.8, 4) is 0 Å². The third-order valence-electron chi connectivity index (χ3n) is 2.84. The molecule has 0 aliphatic rings. The summed E-state index contributed by atoms with van der Waals surface area (Å²) in [5, 5.41) is 0. The van der Waals surface area contributed by atoms with Gasteiger partial charge in [-0.05, 0) is 44.0 Å². The van der Waals surface area contributed by atoms with Gasteiger partial charge in [0, 0.05) is 9.75 Å². The van der Waals surface area contributed by atoms with E-state index in [1.807, 2.05) is 0 Å². The monoisotopic (exact) mass is 231 g/mol. The zero-order chi connectivity index (χ0) is 11.7. The van der Waals surface area contributed by atoms with Crippen molar-refractivity contribution in [2.75, 3.05) is 0 Å². The molecule has 2 rings (SSSR count). The standard InChI is InChI=1S/C14H17NS/c1-9-4-5-10(2)12(8-9)14(15)13-7-6-11(3)16-13/h4-8,14H,15H2,1-3H3. The molecule has 1 nitrogen and oxygen atoms in total. The van der Waals surface area contributed by atoms with Crippen molar-refractivity contribution < 1.29 is 0 Å². The van der Waals surface area contributed by atoms with E-state index < -0.39 is 0 Å². The maximum atomic E-state index is 6.31. The summed E-state index contributed by atoms with van der Waals surface area (Å²) in [4.78, 5) is 2.56. The van der Waals surface area contributed by atoms with Crippen molar-refractivity contribution >= 4 is 11.3 Å². The Balaban J connectivity index is 2.40. The van der Waals surface area contributed by atoms with Crippen LogP contribution >= 0.6 is 11.3 Å². The summed E-state index contributed by atoms with van der Waals surface area (Å²) in [5.74, 6) is 0. The van der Waals surface area contributed by atoms with E-state index in [1.54, 1.807) is 11.3 Å². The predicted octanol–water partition coefficient (Wildman–Crippen LogP) is 3.72. The van der Waals surface area contributed by atoms with Gasteiger partial charge in [-0.25, -0.2) is 0 Å². The summed E-state index contributed by atoms with van der Waals surface area (Å²) in [6.07, 6.45) is 0. The van der Waals surface area contributed by atoms with E-state index in [-0.39, 0.29) is 6.04 Å². The second-order valence-corrected chi connectivity index (χ2v) is 5.61. The Morgan fingerprint density at radius 1 is 1.06 bits per heavy atom. The van der Waals surface area contributed by atoms with Crippen LogP contribution in [0.1, 0.15) is 32.5 Å². The average molecular weight is 231 g/mol. The molecule has 1 aromatic carbocycles. The smallest absolute Gasteiger partial charge is 0.0648 e. The first kappa shape index (κ1) is 11.4. The van der Waals surface area contributed by atoms with Crippen LogP contribution in [0.25, 0.3) is 0 Å². The molecule has 2 N–H and O–H groups in total. The molecule has 1 atom stereocenters. The van der Waals surface area contributed by atoms with Gasteiger partial charge in [-0.1, -0.05) is 23.8 Å². The Morgan fingerprint density at radius 2 is 1.81 bits per heavy atom. The Hall–Kier alpha value is -1.12. The molecule has 0 saturated carbocycles. The fraction of sp³-hybridized carbons (Fsp3) is 0.286. The quantitative estimate of drug-likeness (QED) is 0.837. The zero-order valence-corrected chi connectivity index (χ0v) is 10.8. The van der Waals surface area contributed by atoms with Gasteiger partial charge >= 0.3 is 0 Å². The lowest BCUT2D eigenvalue weighted by Crippen LogP contribution is -2.11. The van der Waals surface area contributed by atoms with Gasteiger partial charge in [0.15, 0.2) is 0 Å². The average Bonchev–Trinajstić information content (AvgIpc) is 2.67. The molecule has 1 unspecified atom stereocenters. The molecule has 16 heavy (non-hydrogen) atoms. The van der Waals surface area contributed by atoms with Gasteiger partial charge in [0.05, 0.1) is 6.04 Å². The maximum absolute atomic E-state index is 6.31. The van der Waals surface area contributed by atoms with Crippen LogP contribution in [-0.2, 0) is 0 Å². The molecule has 0 amide bonds. The van der Waals surface area contributed by atoms with Crippen molar-refractivity contribution in [3.63, 3.8) is 0 Å². The molecule has 2 aromatic rings. The van der Waals surface area contributed by atoms with Crippen LogP contribution < -0.4 is 5.73 Å². The van der Waals surface area contributed by atoms with Crippen molar-refractivity contribution in [2.45, 2.75) is 26.8 Å². The highest BCUT2D eigenvalue weighted by Crippen LogP contribution is 2.28. The first-order valence-electron chi connectivity index (χ1n) is 5.47. The molecule has 0 bridgehead atoms. The highest BCUT2D eigenvalue weighted by atomic mass is 32.1. The zero-order valence-electron chi connectivity index (χ0n) is 9.95. The summed E-state index contributed by atoms with van der Waals surface area (Å²) in [6, 6.07) is 10.7. The first-order chi connectivity index (χ1) is 7.58. The number of thiophene rings is 1. The van der Waals surface area contributed by atoms with E-state index >= 15 is 0 Å². The molecule has 0 saturated heterocycles. The highest BCUT2D eigenvalue weighted by molar-refractivity contribution is 7.12. The van der Waals surface area contributed by atoms with E-state index in [0.717, 1.165) is 0 Å². The molecule has 0 radical (unpaired) electrons. The Bertz CT molecular complexity index is 499. The number of rotatable bonds is 2. The van der Waals surface area contributed by atoms with Gasteiger partial charge in [-0.2, -0.15) is 0 Å². The van der Waals surface area contributed by atoms with Crippen LogP contribution in [0.2, 0.25) is 0 Å². The fourth-order valence-electron chi connectivity index (χ4n) is 1.87. The number of hydrogen-bond acceptors (Lipinski definition) is 2. The number of aryl methyl sites for hydroxylation is 3. The normalized spacial score (nSPS) is 12.8. The number of nitrogens with two attached hydrogens (primary N) is 1. The van der Waals surface area contributed by atoms with Crippen molar-refractivity contribution in [3.05, 3.63) is 56.8 Å². The summed E-state index contributed by atoms with van der Waals surface area (Å²) < 4.78 is 0. The molecule has 0 spiro atoms. The molecular formula is C14H17NS. The lowest BCUT2D eigenvalue weighted by molar-refractivity contribution is 0.880. The topological polar surface area (TPSA) is 26.0 Å². The highest BCUT2D eigenvalue weighted by Gasteiger charge is 2.13. The Morgan fingerprint density at radius 3 is 2.44 bits per heavy atom. The molecular weight excluding hydrogens is 214 g/mol. The summed E-state index contributed by atoms with van der Waals surface area (Å²) in [6.45, 7) is 6.34. The van der Waals surface area contributed by atoms with Crippen molar-refractivity contribution in [2.24, 2.45) is 5.73 Å². The molecule has 1 heterocycles. The molecule has 2 heteroatoms. The van der Waals surface area contributed by atoms with Gasteiger partial charge in [-0.15, -0.1) is 11.3 Å². The van der Waals surface area contributed by atoms with Crippen LogP contribution in [0.5, 0.6) is 0 Å². The molecule has 0 aliphatic carbocycles. The van der Waals surface area contributed by atoms with E-state index in [9.17, 15) is 0 Å². The second kappa shape index (κ2) is 4.40. The molecule has 84 valence electrons. The van der Waals surface area contributed by atoms with Gasteiger partial charge < -0.3 is 5.73 Å². The lowest BCUT2D eigenvalue weighted by Gasteiger charge is -2.14. The van der Waals surface area contributed by atoms with Gasteiger partial charge in [0.2, 0.25) is 0 Å². The maximum Gasteiger partial charge on any atom is 0.0648 e. The van der Waals surface area contributed by atoms with Gasteiger partial charge in [-0.3, -0.25) is 0 Å². The number of benzene rings is 1. The van der Waals surface area contributed by atoms with E-state index in [4.69, 9.17) is 5.73 Å². The van der Waals surface area contributed by atoms with Crippen LogP contribution in [0.3, 0.4) is 0 Å². The number of hydrogen-bond donors (Lipinski definition) is 1. The minimum absolute atomic E-state index is 0.0126. The van der Waals surface area contributed by atoms with Crippen LogP contribution in [0.4, 0.5) is 0 Å². The van der Waals surface area contributed by atoms with Gasteiger partial charge in [0.1, 0.15) is 0 Å². The fourth-order valence-corrected chi connectivity index (χ4v) is 2.77. The van der Waals surface area contributed by atoms with Crippen LogP contribution in [0.15, 0.2) is 30.3 Å². The van der Waals surface area contributed by atoms with Crippen LogP contribution in [-0.4, -0.2) is 0 Å². The molecule has 1 aromatic heterocycles. The van der Waals surface area contributed by atoms with E-state index in [1.165, 1.54) is 26.4 Å². The SMILES string of the molecule is Cc1ccc(C)c(C(N)c2ccc(C)s2)c1. The minimum Gasteiger partial charge on any atom is -0.320 e. The third kappa shape index (κ3) is 2.18. The Labute approximate surface area is 101 Å². The summed E-state index contributed by atoms with van der Waals surface area (Å²) in [5.41, 5.74) is 10.1. The third-order valence-corrected chi connectivity index (χ3v) is 3.92. The second-order valence-electron chi connectivity index (χ2n) is 4.29. The van der Waals surface area contributed by atoms with E-state index in [0.29, 0.717) is 0 Å². The van der Waals surface area contributed by atoms with Crippen LogP contribution in [0, 0.1) is 20.8 Å². The summed E-state index contributed by atoms with van der Waals surface area (Å²) in [7, 11) is 0. The predicted molar refractivity (Wildman–Crippen MR) is 71.0 cm³/mol. The van der Waals surface area contributed by atoms with Crippen molar-refractivity contribution in [1.82, 2.24) is 0 Å².